The van der Waals surface area contributed by atoms with Gasteiger partial charge in [-0.05, 0) is 45.2 Å². The molecular weight excluding hydrogens is 174 g/mol. The molecule has 1 aromatic heterocycles. The van der Waals surface area contributed by atoms with Crippen molar-refractivity contribution in [3.05, 3.63) is 23.5 Å². The van der Waals surface area contributed by atoms with Crippen molar-refractivity contribution in [2.24, 2.45) is 0 Å². The van der Waals surface area contributed by atoms with Crippen LogP contribution < -0.4 is 0 Å². The zero-order valence-electron chi connectivity index (χ0n) is 9.29. The molecule has 0 spiro atoms. The zero-order chi connectivity index (χ0) is 10.1. The van der Waals surface area contributed by atoms with Crippen LogP contribution in [-0.4, -0.2) is 17.8 Å². The number of ether oxygens (including phenoxy) is 1. The maximum atomic E-state index is 5.54. The Morgan fingerprint density at radius 1 is 1.21 bits per heavy atom. The van der Waals surface area contributed by atoms with Crippen LogP contribution in [0.5, 0.6) is 0 Å². The first kappa shape index (κ1) is 9.78. The molecule has 0 aliphatic heterocycles. The molecule has 2 rings (SSSR count). The van der Waals surface area contributed by atoms with Crippen molar-refractivity contribution in [2.75, 3.05) is 7.11 Å². The molecule has 2 atom stereocenters. The highest BCUT2D eigenvalue weighted by Crippen LogP contribution is 2.34. The summed E-state index contributed by atoms with van der Waals surface area (Å²) in [6, 6.07) is 4.95. The molecule has 1 heterocycles. The average Bonchev–Trinajstić information content (AvgIpc) is 2.73. The molecule has 1 saturated carbocycles. The zero-order valence-corrected chi connectivity index (χ0v) is 9.29. The molecule has 1 aromatic rings. The quantitative estimate of drug-likeness (QED) is 0.704. The van der Waals surface area contributed by atoms with E-state index in [0.717, 1.165) is 0 Å². The molecule has 2 unspecified atom stereocenters. The van der Waals surface area contributed by atoms with Crippen molar-refractivity contribution in [3.63, 3.8) is 0 Å². The van der Waals surface area contributed by atoms with Crippen LogP contribution in [0.1, 0.15) is 36.7 Å². The largest absolute Gasteiger partial charge is 0.379 e. The summed E-state index contributed by atoms with van der Waals surface area (Å²) in [5, 5.41) is 0. The van der Waals surface area contributed by atoms with Gasteiger partial charge in [-0.25, -0.2) is 0 Å². The van der Waals surface area contributed by atoms with Crippen molar-refractivity contribution in [3.8, 4) is 0 Å². The average molecular weight is 193 g/mol. The van der Waals surface area contributed by atoms with Crippen LogP contribution in [0.2, 0.25) is 0 Å². The Bertz CT molecular complexity index is 297. The maximum absolute atomic E-state index is 5.54. The molecule has 1 aliphatic carbocycles. The smallest absolute Gasteiger partial charge is 0.0778 e. The van der Waals surface area contributed by atoms with Crippen LogP contribution in [-0.2, 0) is 4.74 Å². The van der Waals surface area contributed by atoms with Crippen LogP contribution in [0.15, 0.2) is 12.1 Å². The van der Waals surface area contributed by atoms with Crippen molar-refractivity contribution in [1.82, 2.24) is 4.57 Å². The topological polar surface area (TPSA) is 14.2 Å². The molecule has 1 aliphatic rings. The second kappa shape index (κ2) is 3.77. The van der Waals surface area contributed by atoms with Gasteiger partial charge in [0.2, 0.25) is 0 Å². The van der Waals surface area contributed by atoms with E-state index in [2.05, 4.69) is 30.5 Å². The lowest BCUT2D eigenvalue weighted by molar-refractivity contribution is 0.0738. The standard InChI is InChI=1S/C12H19NO/c1-9-7-8-10(2)13(9)11-5-4-6-12(11)14-3/h7-8,11-12H,4-6H2,1-3H3. The summed E-state index contributed by atoms with van der Waals surface area (Å²) in [5.41, 5.74) is 2.72. The van der Waals surface area contributed by atoms with E-state index >= 15 is 0 Å². The first-order valence-electron chi connectivity index (χ1n) is 5.41. The van der Waals surface area contributed by atoms with E-state index in [0.29, 0.717) is 12.1 Å². The lowest BCUT2D eigenvalue weighted by Crippen LogP contribution is -2.22. The van der Waals surface area contributed by atoms with Crippen LogP contribution in [0.25, 0.3) is 0 Å². The Balaban J connectivity index is 2.29. The Morgan fingerprint density at radius 3 is 2.43 bits per heavy atom. The monoisotopic (exact) mass is 193 g/mol. The van der Waals surface area contributed by atoms with Gasteiger partial charge in [0, 0.05) is 18.5 Å². The summed E-state index contributed by atoms with van der Waals surface area (Å²) >= 11 is 0. The van der Waals surface area contributed by atoms with Crippen LogP contribution in [0.3, 0.4) is 0 Å². The minimum absolute atomic E-state index is 0.416. The minimum Gasteiger partial charge on any atom is -0.379 e. The number of hydrogen-bond acceptors (Lipinski definition) is 1. The Labute approximate surface area is 85.9 Å². The summed E-state index contributed by atoms with van der Waals surface area (Å²) in [6.07, 6.45) is 4.17. The van der Waals surface area contributed by atoms with Crippen LogP contribution >= 0.6 is 0 Å². The van der Waals surface area contributed by atoms with Gasteiger partial charge < -0.3 is 9.30 Å². The third-order valence-electron chi connectivity index (χ3n) is 3.38. The molecule has 0 bridgehead atoms. The van der Waals surface area contributed by atoms with Gasteiger partial charge in [0.25, 0.3) is 0 Å². The summed E-state index contributed by atoms with van der Waals surface area (Å²) < 4.78 is 7.97. The van der Waals surface area contributed by atoms with E-state index in [4.69, 9.17) is 4.74 Å². The van der Waals surface area contributed by atoms with E-state index in [-0.39, 0.29) is 0 Å². The molecule has 0 radical (unpaired) electrons. The number of rotatable bonds is 2. The molecule has 78 valence electrons. The molecule has 1 fully saturated rings. The van der Waals surface area contributed by atoms with Gasteiger partial charge in [0.1, 0.15) is 0 Å². The van der Waals surface area contributed by atoms with Gasteiger partial charge in [-0.1, -0.05) is 0 Å². The highest BCUT2D eigenvalue weighted by atomic mass is 16.5. The highest BCUT2D eigenvalue weighted by Gasteiger charge is 2.29. The fourth-order valence-corrected chi connectivity index (χ4v) is 2.68. The molecule has 2 nitrogen and oxygen atoms in total. The van der Waals surface area contributed by atoms with E-state index in [1.165, 1.54) is 30.7 Å². The van der Waals surface area contributed by atoms with Crippen molar-refractivity contribution < 1.29 is 4.74 Å². The summed E-state index contributed by atoms with van der Waals surface area (Å²) in [5.74, 6) is 0. The molecule has 14 heavy (non-hydrogen) atoms. The molecule has 0 N–H and O–H groups in total. The third kappa shape index (κ3) is 1.48. The summed E-state index contributed by atoms with van der Waals surface area (Å²) in [4.78, 5) is 0. The molecule has 0 saturated heterocycles. The minimum atomic E-state index is 0.416. The maximum Gasteiger partial charge on any atom is 0.0778 e. The SMILES string of the molecule is COC1CCCC1n1c(C)ccc1C. The number of nitrogens with zero attached hydrogens (tertiary/aromatic N) is 1. The fraction of sp³-hybridized carbons (Fsp3) is 0.667. The lowest BCUT2D eigenvalue weighted by atomic mass is 10.2. The predicted octanol–water partition coefficient (Wildman–Crippen LogP) is 2.84. The van der Waals surface area contributed by atoms with Crippen molar-refractivity contribution >= 4 is 0 Å². The van der Waals surface area contributed by atoms with Crippen LogP contribution in [0.4, 0.5) is 0 Å². The molecule has 0 amide bonds. The lowest BCUT2D eigenvalue weighted by Gasteiger charge is -2.23. The Hall–Kier alpha value is -0.760. The third-order valence-corrected chi connectivity index (χ3v) is 3.38. The second-order valence-corrected chi connectivity index (χ2v) is 4.26. The van der Waals surface area contributed by atoms with Crippen molar-refractivity contribution in [1.29, 1.82) is 0 Å². The second-order valence-electron chi connectivity index (χ2n) is 4.26. The Morgan fingerprint density at radius 2 is 1.86 bits per heavy atom. The normalized spacial score (nSPS) is 27.1. The number of hydrogen-bond donors (Lipinski definition) is 0. The molecular formula is C12H19NO. The highest BCUT2D eigenvalue weighted by molar-refractivity contribution is 5.16. The van der Waals surface area contributed by atoms with Crippen LogP contribution in [0, 0.1) is 13.8 Å². The summed E-state index contributed by atoms with van der Waals surface area (Å²) in [7, 11) is 1.83. The fourth-order valence-electron chi connectivity index (χ4n) is 2.68. The van der Waals surface area contributed by atoms with Gasteiger partial charge >= 0.3 is 0 Å². The van der Waals surface area contributed by atoms with E-state index in [1.807, 2.05) is 7.11 Å². The van der Waals surface area contributed by atoms with Crippen molar-refractivity contribution in [2.45, 2.75) is 45.3 Å². The molecule has 0 aromatic carbocycles. The number of methoxy groups -OCH3 is 1. The summed E-state index contributed by atoms with van der Waals surface area (Å²) in [6.45, 7) is 4.36. The van der Waals surface area contributed by atoms with Gasteiger partial charge in [-0.2, -0.15) is 0 Å². The first-order valence-corrected chi connectivity index (χ1v) is 5.41. The Kier molecular flexibility index (Phi) is 2.64. The van der Waals surface area contributed by atoms with E-state index in [9.17, 15) is 0 Å². The van der Waals surface area contributed by atoms with Gasteiger partial charge in [0.15, 0.2) is 0 Å². The molecule has 2 heteroatoms. The van der Waals surface area contributed by atoms with E-state index < -0.39 is 0 Å². The van der Waals surface area contributed by atoms with Gasteiger partial charge in [-0.3, -0.25) is 0 Å². The number of aromatic nitrogens is 1. The van der Waals surface area contributed by atoms with E-state index in [1.54, 1.807) is 0 Å². The number of aryl methyl sites for hydroxylation is 2. The predicted molar refractivity (Wildman–Crippen MR) is 57.6 cm³/mol. The van der Waals surface area contributed by atoms with Gasteiger partial charge in [-0.15, -0.1) is 0 Å². The van der Waals surface area contributed by atoms with Gasteiger partial charge in [0.05, 0.1) is 12.1 Å². The first-order chi connectivity index (χ1) is 6.74.